The molecule has 2 fully saturated rings. The van der Waals surface area contributed by atoms with Crippen LogP contribution in [-0.4, -0.2) is 71.4 Å². The highest BCUT2D eigenvalue weighted by Gasteiger charge is 2.28. The summed E-state index contributed by atoms with van der Waals surface area (Å²) in [4.78, 5) is 25.3. The summed E-state index contributed by atoms with van der Waals surface area (Å²) < 4.78 is 12.2. The molecule has 0 amide bonds. The molecular formula is C32H38ClN5O4. The van der Waals surface area contributed by atoms with Gasteiger partial charge in [0, 0.05) is 48.9 Å². The van der Waals surface area contributed by atoms with Gasteiger partial charge in [0.05, 0.1) is 24.3 Å². The van der Waals surface area contributed by atoms with E-state index >= 15 is 0 Å². The normalized spacial score (nSPS) is 20.5. The van der Waals surface area contributed by atoms with Gasteiger partial charge in [-0.2, -0.15) is 4.98 Å². The van der Waals surface area contributed by atoms with Crippen LogP contribution in [0.25, 0.3) is 11.3 Å². The third-order valence-electron chi connectivity index (χ3n) is 8.75. The first-order valence-corrected chi connectivity index (χ1v) is 15.3. The van der Waals surface area contributed by atoms with E-state index in [9.17, 15) is 9.90 Å². The molecule has 0 unspecified atom stereocenters. The quantitative estimate of drug-likeness (QED) is 0.361. The molecule has 2 heterocycles. The largest absolute Gasteiger partial charge is 0.489 e. The number of piperazine rings is 1. The molecule has 0 spiro atoms. The molecule has 222 valence electrons. The molecule has 1 saturated carbocycles. The van der Waals surface area contributed by atoms with Gasteiger partial charge >= 0.3 is 5.97 Å². The van der Waals surface area contributed by atoms with Crippen LogP contribution in [0.5, 0.6) is 5.75 Å². The predicted octanol–water partition coefficient (Wildman–Crippen LogP) is 4.84. The van der Waals surface area contributed by atoms with E-state index in [0.29, 0.717) is 24.2 Å². The van der Waals surface area contributed by atoms with Gasteiger partial charge in [-0.15, -0.1) is 0 Å². The second kappa shape index (κ2) is 12.9. The number of benzene rings is 2. The average molecular weight is 592 g/mol. The van der Waals surface area contributed by atoms with Crippen molar-refractivity contribution in [3.8, 4) is 17.0 Å². The zero-order valence-electron chi connectivity index (χ0n) is 23.8. The Morgan fingerprint density at radius 1 is 1.00 bits per heavy atom. The van der Waals surface area contributed by atoms with Gasteiger partial charge in [-0.05, 0) is 80.0 Å². The molecule has 0 atom stereocenters. The van der Waals surface area contributed by atoms with E-state index in [-0.39, 0.29) is 12.0 Å². The number of aryl methyl sites for hydroxylation is 1. The van der Waals surface area contributed by atoms with Crippen molar-refractivity contribution < 1.29 is 19.4 Å². The highest BCUT2D eigenvalue weighted by atomic mass is 35.5. The van der Waals surface area contributed by atoms with Crippen molar-refractivity contribution in [2.75, 3.05) is 50.0 Å². The number of hydrogen-bond acceptors (Lipinski definition) is 8. The fourth-order valence-corrected chi connectivity index (χ4v) is 6.44. The summed E-state index contributed by atoms with van der Waals surface area (Å²) in [5, 5.41) is 9.91. The van der Waals surface area contributed by atoms with Crippen LogP contribution in [0.1, 0.15) is 42.4 Å². The highest BCUT2D eigenvalue weighted by Crippen LogP contribution is 2.38. The van der Waals surface area contributed by atoms with Gasteiger partial charge in [-0.25, -0.2) is 4.98 Å². The average Bonchev–Trinajstić information content (AvgIpc) is 3.01. The van der Waals surface area contributed by atoms with Gasteiger partial charge in [0.1, 0.15) is 18.2 Å². The van der Waals surface area contributed by atoms with Crippen LogP contribution in [0.4, 0.5) is 11.8 Å². The zero-order valence-corrected chi connectivity index (χ0v) is 24.6. The van der Waals surface area contributed by atoms with Crippen LogP contribution in [-0.2, 0) is 29.0 Å². The molecule has 2 aromatic carbocycles. The maximum atomic E-state index is 11.2. The number of carboxylic acid groups (broad SMARTS) is 1. The van der Waals surface area contributed by atoms with Crippen molar-refractivity contribution in [3.63, 3.8) is 0 Å². The summed E-state index contributed by atoms with van der Waals surface area (Å²) in [5.41, 5.74) is 11.7. The molecule has 3 aromatic rings. The van der Waals surface area contributed by atoms with E-state index in [2.05, 4.69) is 26.9 Å². The number of carbonyl (C=O) groups is 1. The lowest BCUT2D eigenvalue weighted by Gasteiger charge is -2.37. The number of ether oxygens (including phenoxy) is 2. The number of nitrogens with zero attached hydrogens (tertiary/aromatic N) is 4. The molecule has 2 aliphatic carbocycles. The molecule has 42 heavy (non-hydrogen) atoms. The summed E-state index contributed by atoms with van der Waals surface area (Å²) in [6.45, 7) is 5.65. The number of nitrogens with two attached hydrogens (primary N) is 1. The number of aliphatic carboxylic acids is 1. The van der Waals surface area contributed by atoms with E-state index in [4.69, 9.17) is 31.8 Å². The summed E-state index contributed by atoms with van der Waals surface area (Å²) in [6.07, 6.45) is 5.05. The Bertz CT molecular complexity index is 1400. The fourth-order valence-electron chi connectivity index (χ4n) is 6.32. The Balaban J connectivity index is 1.05. The number of anilines is 2. The SMILES string of the molecule is Nc1nc2c(c(N3CCN(CCO[C@H]4CC[C@H](C(=O)O)CC4)CC3)n1)CCc1cc(OCc3ccc(Cl)cc3)ccc1-2. The minimum atomic E-state index is -0.674. The number of fused-ring (bicyclic) bond motifs is 3. The van der Waals surface area contributed by atoms with Crippen LogP contribution in [0, 0.1) is 5.92 Å². The van der Waals surface area contributed by atoms with Gasteiger partial charge in [0.15, 0.2) is 0 Å². The molecule has 1 saturated heterocycles. The van der Waals surface area contributed by atoms with Crippen LogP contribution < -0.4 is 15.4 Å². The van der Waals surface area contributed by atoms with Crippen LogP contribution in [0.3, 0.4) is 0 Å². The molecule has 3 aliphatic rings. The van der Waals surface area contributed by atoms with Crippen molar-refractivity contribution in [1.82, 2.24) is 14.9 Å². The number of aromatic nitrogens is 2. The highest BCUT2D eigenvalue weighted by molar-refractivity contribution is 6.30. The summed E-state index contributed by atoms with van der Waals surface area (Å²) in [5.74, 6) is 1.21. The second-order valence-corrected chi connectivity index (χ2v) is 11.9. The number of nitrogen functional groups attached to an aromatic ring is 1. The zero-order chi connectivity index (χ0) is 29.1. The molecule has 0 bridgehead atoms. The van der Waals surface area contributed by atoms with Gasteiger partial charge in [-0.3, -0.25) is 9.69 Å². The number of hydrogen-bond donors (Lipinski definition) is 2. The molecule has 1 aliphatic heterocycles. The number of carboxylic acids is 1. The second-order valence-electron chi connectivity index (χ2n) is 11.5. The molecule has 9 nitrogen and oxygen atoms in total. The molecule has 10 heteroatoms. The Labute approximate surface area is 251 Å². The number of rotatable bonds is 9. The van der Waals surface area contributed by atoms with Crippen LogP contribution in [0.2, 0.25) is 5.02 Å². The molecule has 6 rings (SSSR count). The maximum absolute atomic E-state index is 11.2. The first kappa shape index (κ1) is 28.7. The monoisotopic (exact) mass is 591 g/mol. The fraction of sp³-hybridized carbons (Fsp3) is 0.469. The van der Waals surface area contributed by atoms with E-state index in [1.54, 1.807) is 0 Å². The molecular weight excluding hydrogens is 554 g/mol. The van der Waals surface area contributed by atoms with Gasteiger partial charge < -0.3 is 25.2 Å². The topological polar surface area (TPSA) is 114 Å². The number of halogens is 1. The first-order valence-electron chi connectivity index (χ1n) is 14.9. The first-order chi connectivity index (χ1) is 20.4. The smallest absolute Gasteiger partial charge is 0.306 e. The van der Waals surface area contributed by atoms with E-state index in [1.807, 2.05) is 30.3 Å². The van der Waals surface area contributed by atoms with Crippen LogP contribution >= 0.6 is 11.6 Å². The lowest BCUT2D eigenvalue weighted by molar-refractivity contribution is -0.143. The van der Waals surface area contributed by atoms with E-state index < -0.39 is 5.97 Å². The van der Waals surface area contributed by atoms with Crippen molar-refractivity contribution in [2.24, 2.45) is 5.92 Å². The minimum Gasteiger partial charge on any atom is -0.489 e. The van der Waals surface area contributed by atoms with Crippen molar-refractivity contribution >= 4 is 29.3 Å². The molecule has 3 N–H and O–H groups in total. The summed E-state index contributed by atoms with van der Waals surface area (Å²) in [6, 6.07) is 13.9. The maximum Gasteiger partial charge on any atom is 0.306 e. The van der Waals surface area contributed by atoms with Crippen LogP contribution in [0.15, 0.2) is 42.5 Å². The van der Waals surface area contributed by atoms with Gasteiger partial charge in [-0.1, -0.05) is 23.7 Å². The summed E-state index contributed by atoms with van der Waals surface area (Å²) >= 11 is 6.00. The molecule has 0 radical (unpaired) electrons. The standard InChI is InChI=1S/C32H38ClN5O4/c33-24-6-1-21(2-7-24)20-42-26-10-12-27-23(19-26)5-11-28-29(27)35-32(34)36-30(28)38-15-13-37(14-16-38)17-18-41-25-8-3-22(4-9-25)31(39)40/h1-2,6-7,10,12,19,22,25H,3-5,8-9,11,13-18,20H2,(H,39,40)(H2,34,35,36)/t22-,25-. The van der Waals surface area contributed by atoms with E-state index in [1.165, 1.54) is 11.1 Å². The Hall–Kier alpha value is -3.40. The Morgan fingerprint density at radius 3 is 2.50 bits per heavy atom. The summed E-state index contributed by atoms with van der Waals surface area (Å²) in [7, 11) is 0. The minimum absolute atomic E-state index is 0.186. The lowest BCUT2D eigenvalue weighted by atomic mass is 9.87. The van der Waals surface area contributed by atoms with Crippen molar-refractivity contribution in [2.45, 2.75) is 51.2 Å². The Kier molecular flexibility index (Phi) is 8.79. The van der Waals surface area contributed by atoms with Crippen molar-refractivity contribution in [1.29, 1.82) is 0 Å². The van der Waals surface area contributed by atoms with Crippen molar-refractivity contribution in [3.05, 3.63) is 64.2 Å². The van der Waals surface area contributed by atoms with Gasteiger partial charge in [0.2, 0.25) is 5.95 Å². The third kappa shape index (κ3) is 6.64. The Morgan fingerprint density at radius 2 is 1.76 bits per heavy atom. The predicted molar refractivity (Wildman–Crippen MR) is 163 cm³/mol. The molecule has 1 aromatic heterocycles. The third-order valence-corrected chi connectivity index (χ3v) is 9.01. The van der Waals surface area contributed by atoms with E-state index in [0.717, 1.165) is 99.6 Å². The lowest BCUT2D eigenvalue weighted by Crippen LogP contribution is -2.48. The van der Waals surface area contributed by atoms with Gasteiger partial charge in [0.25, 0.3) is 0 Å².